The molecular formula is C20H24N2O3S. The third-order valence-electron chi connectivity index (χ3n) is 4.75. The van der Waals surface area contributed by atoms with E-state index >= 15 is 0 Å². The lowest BCUT2D eigenvalue weighted by atomic mass is 10.1. The van der Waals surface area contributed by atoms with Gasteiger partial charge < -0.3 is 5.32 Å². The molecule has 0 amide bonds. The number of Topliss-reactive ketones (excluding diaryl/α,β-unsaturated/α-hetero) is 1. The molecule has 0 aliphatic carbocycles. The number of rotatable bonds is 6. The summed E-state index contributed by atoms with van der Waals surface area (Å²) in [6.07, 6.45) is 2.89. The Morgan fingerprint density at radius 1 is 1.08 bits per heavy atom. The Morgan fingerprint density at radius 3 is 2.42 bits per heavy atom. The van der Waals surface area contributed by atoms with Gasteiger partial charge in [0.2, 0.25) is 10.0 Å². The van der Waals surface area contributed by atoms with Gasteiger partial charge in [-0.15, -0.1) is 0 Å². The molecule has 1 aliphatic rings. The van der Waals surface area contributed by atoms with Crippen molar-refractivity contribution >= 4 is 21.5 Å². The Kier molecular flexibility index (Phi) is 5.74. The van der Waals surface area contributed by atoms with Crippen LogP contribution in [0.3, 0.4) is 0 Å². The monoisotopic (exact) mass is 372 g/mol. The summed E-state index contributed by atoms with van der Waals surface area (Å²) in [5.41, 5.74) is 1.37. The molecule has 2 aromatic carbocycles. The molecule has 0 bridgehead atoms. The standard InChI is InChI=1S/C20H24N2O3S/c1-16-7-5-6-14-22(16)26(24,25)19-12-10-18(11-13-19)21-15-20(23)17-8-3-2-4-9-17/h2-4,8-13,16,21H,5-7,14-15H2,1H3. The van der Waals surface area contributed by atoms with E-state index in [9.17, 15) is 13.2 Å². The van der Waals surface area contributed by atoms with Crippen molar-refractivity contribution in [2.45, 2.75) is 37.1 Å². The second-order valence-corrected chi connectivity index (χ2v) is 8.52. The maximum Gasteiger partial charge on any atom is 0.243 e. The lowest BCUT2D eigenvalue weighted by molar-refractivity contribution is 0.101. The van der Waals surface area contributed by atoms with Crippen LogP contribution >= 0.6 is 0 Å². The van der Waals surface area contributed by atoms with Crippen LogP contribution in [0.25, 0.3) is 0 Å². The Morgan fingerprint density at radius 2 is 1.77 bits per heavy atom. The number of carbonyl (C=O) groups is 1. The van der Waals surface area contributed by atoms with Crippen molar-refractivity contribution in [1.29, 1.82) is 0 Å². The van der Waals surface area contributed by atoms with Crippen LogP contribution in [0.4, 0.5) is 5.69 Å². The van der Waals surface area contributed by atoms with Crippen molar-refractivity contribution in [3.63, 3.8) is 0 Å². The van der Waals surface area contributed by atoms with Crippen molar-refractivity contribution in [3.8, 4) is 0 Å². The largest absolute Gasteiger partial charge is 0.378 e. The summed E-state index contributed by atoms with van der Waals surface area (Å²) in [7, 11) is -3.46. The molecule has 1 aliphatic heterocycles. The fourth-order valence-corrected chi connectivity index (χ4v) is 4.92. The fraction of sp³-hybridized carbons (Fsp3) is 0.350. The van der Waals surface area contributed by atoms with Gasteiger partial charge in [0.05, 0.1) is 11.4 Å². The van der Waals surface area contributed by atoms with Gasteiger partial charge in [-0.05, 0) is 44.0 Å². The second kappa shape index (κ2) is 8.01. The molecule has 138 valence electrons. The summed E-state index contributed by atoms with van der Waals surface area (Å²) in [5.74, 6) is -0.00978. The van der Waals surface area contributed by atoms with Gasteiger partial charge >= 0.3 is 0 Å². The summed E-state index contributed by atoms with van der Waals surface area (Å²) in [6, 6.07) is 15.7. The van der Waals surface area contributed by atoms with Crippen molar-refractivity contribution in [2.24, 2.45) is 0 Å². The number of nitrogens with one attached hydrogen (secondary N) is 1. The van der Waals surface area contributed by atoms with Crippen molar-refractivity contribution in [1.82, 2.24) is 4.31 Å². The van der Waals surface area contributed by atoms with E-state index < -0.39 is 10.0 Å². The summed E-state index contributed by atoms with van der Waals surface area (Å²) < 4.78 is 27.2. The molecule has 0 spiro atoms. The zero-order valence-corrected chi connectivity index (χ0v) is 15.7. The highest BCUT2D eigenvalue weighted by Gasteiger charge is 2.30. The van der Waals surface area contributed by atoms with Crippen LogP contribution in [0.2, 0.25) is 0 Å². The Balaban J connectivity index is 1.65. The minimum atomic E-state index is -3.46. The molecule has 1 fully saturated rings. The molecule has 0 radical (unpaired) electrons. The number of anilines is 1. The lowest BCUT2D eigenvalue weighted by Crippen LogP contribution is -2.41. The first kappa shape index (κ1) is 18.6. The number of piperidine rings is 1. The zero-order valence-electron chi connectivity index (χ0n) is 14.9. The summed E-state index contributed by atoms with van der Waals surface area (Å²) >= 11 is 0. The van der Waals surface area contributed by atoms with E-state index in [-0.39, 0.29) is 18.4 Å². The average molecular weight is 372 g/mol. The van der Waals surface area contributed by atoms with Gasteiger partial charge in [-0.3, -0.25) is 4.79 Å². The molecule has 3 rings (SSSR count). The second-order valence-electron chi connectivity index (χ2n) is 6.63. The zero-order chi connectivity index (χ0) is 18.6. The minimum absolute atomic E-state index is 0.00978. The van der Waals surface area contributed by atoms with Crippen LogP contribution in [-0.2, 0) is 10.0 Å². The van der Waals surface area contributed by atoms with Crippen LogP contribution in [-0.4, -0.2) is 37.6 Å². The highest BCUT2D eigenvalue weighted by Crippen LogP contribution is 2.25. The van der Waals surface area contributed by atoms with E-state index in [0.29, 0.717) is 17.0 Å². The van der Waals surface area contributed by atoms with E-state index in [1.54, 1.807) is 40.7 Å². The van der Waals surface area contributed by atoms with Gasteiger partial charge in [-0.25, -0.2) is 8.42 Å². The van der Waals surface area contributed by atoms with Gasteiger partial charge in [0.15, 0.2) is 5.78 Å². The number of carbonyl (C=O) groups excluding carboxylic acids is 1. The van der Waals surface area contributed by atoms with Crippen LogP contribution in [0.15, 0.2) is 59.5 Å². The van der Waals surface area contributed by atoms with Crippen LogP contribution < -0.4 is 5.32 Å². The summed E-state index contributed by atoms with van der Waals surface area (Å²) in [6.45, 7) is 2.70. The number of sulfonamides is 1. The molecule has 0 aromatic heterocycles. The van der Waals surface area contributed by atoms with Gasteiger partial charge in [0.25, 0.3) is 0 Å². The summed E-state index contributed by atoms with van der Waals surface area (Å²) in [5, 5.41) is 3.05. The average Bonchev–Trinajstić information content (AvgIpc) is 2.67. The van der Waals surface area contributed by atoms with Crippen LogP contribution in [0.5, 0.6) is 0 Å². The van der Waals surface area contributed by atoms with Crippen molar-refractivity contribution in [3.05, 3.63) is 60.2 Å². The molecule has 5 nitrogen and oxygen atoms in total. The maximum absolute atomic E-state index is 12.8. The first-order valence-electron chi connectivity index (χ1n) is 8.92. The predicted octanol–water partition coefficient (Wildman–Crippen LogP) is 3.54. The highest BCUT2D eigenvalue weighted by atomic mass is 32.2. The smallest absolute Gasteiger partial charge is 0.243 e. The van der Waals surface area contributed by atoms with Crippen LogP contribution in [0, 0.1) is 0 Å². The van der Waals surface area contributed by atoms with Crippen LogP contribution in [0.1, 0.15) is 36.5 Å². The molecule has 1 saturated heterocycles. The Hall–Kier alpha value is -2.18. The number of benzene rings is 2. The molecule has 1 atom stereocenters. The quantitative estimate of drug-likeness (QED) is 0.788. The van der Waals surface area contributed by atoms with Gasteiger partial charge in [0.1, 0.15) is 0 Å². The number of ketones is 1. The molecule has 6 heteroatoms. The van der Waals surface area contributed by atoms with Gasteiger partial charge in [-0.2, -0.15) is 4.31 Å². The summed E-state index contributed by atoms with van der Waals surface area (Å²) in [4.78, 5) is 12.4. The first-order chi connectivity index (χ1) is 12.5. The molecule has 1 heterocycles. The van der Waals surface area contributed by atoms with Gasteiger partial charge in [0, 0.05) is 23.8 Å². The Labute approximate surface area is 155 Å². The molecule has 0 saturated carbocycles. The van der Waals surface area contributed by atoms with E-state index in [2.05, 4.69) is 5.32 Å². The minimum Gasteiger partial charge on any atom is -0.378 e. The SMILES string of the molecule is CC1CCCCN1S(=O)(=O)c1ccc(NCC(=O)c2ccccc2)cc1. The predicted molar refractivity (Wildman–Crippen MR) is 103 cm³/mol. The van der Waals surface area contributed by atoms with Crippen molar-refractivity contribution in [2.75, 3.05) is 18.4 Å². The normalized spacial score (nSPS) is 18.4. The molecule has 2 aromatic rings. The van der Waals surface area contributed by atoms with E-state index in [0.717, 1.165) is 24.9 Å². The number of hydrogen-bond donors (Lipinski definition) is 1. The maximum atomic E-state index is 12.8. The van der Waals surface area contributed by atoms with Crippen molar-refractivity contribution < 1.29 is 13.2 Å². The van der Waals surface area contributed by atoms with E-state index in [4.69, 9.17) is 0 Å². The molecular weight excluding hydrogens is 348 g/mol. The number of nitrogens with zero attached hydrogens (tertiary/aromatic N) is 1. The lowest BCUT2D eigenvalue weighted by Gasteiger charge is -2.32. The van der Waals surface area contributed by atoms with Gasteiger partial charge in [-0.1, -0.05) is 36.8 Å². The first-order valence-corrected chi connectivity index (χ1v) is 10.4. The highest BCUT2D eigenvalue weighted by molar-refractivity contribution is 7.89. The topological polar surface area (TPSA) is 66.5 Å². The third kappa shape index (κ3) is 4.14. The fourth-order valence-electron chi connectivity index (χ4n) is 3.22. The third-order valence-corrected chi connectivity index (χ3v) is 6.78. The molecule has 1 unspecified atom stereocenters. The van der Waals surface area contributed by atoms with E-state index in [1.165, 1.54) is 0 Å². The molecule has 1 N–H and O–H groups in total. The van der Waals surface area contributed by atoms with E-state index in [1.807, 2.05) is 25.1 Å². The number of hydrogen-bond acceptors (Lipinski definition) is 4. The Bertz CT molecular complexity index is 848. The molecule has 26 heavy (non-hydrogen) atoms.